The maximum absolute atomic E-state index is 13.4. The Hall–Kier alpha value is -1.98. The lowest BCUT2D eigenvalue weighted by Crippen LogP contribution is -2.03. The van der Waals surface area contributed by atoms with Gasteiger partial charge in [-0.05, 0) is 48.0 Å². The van der Waals surface area contributed by atoms with Gasteiger partial charge in [0.25, 0.3) is 0 Å². The van der Waals surface area contributed by atoms with Crippen molar-refractivity contribution in [3.8, 4) is 11.3 Å². The summed E-state index contributed by atoms with van der Waals surface area (Å²) in [6, 6.07) is 11.6. The molecule has 3 rings (SSSR count). The summed E-state index contributed by atoms with van der Waals surface area (Å²) >= 11 is 9.22. The van der Waals surface area contributed by atoms with Crippen LogP contribution in [0.1, 0.15) is 5.56 Å². The van der Waals surface area contributed by atoms with Gasteiger partial charge in [-0.1, -0.05) is 27.5 Å². The van der Waals surface area contributed by atoms with Gasteiger partial charge in [0, 0.05) is 15.4 Å². The first-order chi connectivity index (χ1) is 10.9. The third-order valence-electron chi connectivity index (χ3n) is 3.39. The molecule has 0 aliphatic heterocycles. The Bertz CT molecular complexity index is 930. The lowest BCUT2D eigenvalue weighted by atomic mass is 10.0. The monoisotopic (exact) mass is 393 g/mol. The number of aliphatic carboxylic acids is 1. The third-order valence-corrected chi connectivity index (χ3v) is 4.17. The molecule has 116 valence electrons. The van der Waals surface area contributed by atoms with Gasteiger partial charge in [-0.3, -0.25) is 4.79 Å². The number of benzene rings is 2. The molecule has 6 heteroatoms. The molecule has 0 bridgehead atoms. The number of carboxylic acid groups (broad SMARTS) is 1. The number of carbonyl (C=O) groups is 1. The van der Waals surface area contributed by atoms with Crippen LogP contribution in [0.5, 0.6) is 0 Å². The smallest absolute Gasteiger partial charge is 0.307 e. The first-order valence-electron chi connectivity index (χ1n) is 6.70. The van der Waals surface area contributed by atoms with Gasteiger partial charge in [0.2, 0.25) is 0 Å². The third kappa shape index (κ3) is 3.35. The maximum atomic E-state index is 13.4. The van der Waals surface area contributed by atoms with Crippen molar-refractivity contribution in [2.45, 2.75) is 6.42 Å². The highest BCUT2D eigenvalue weighted by Crippen LogP contribution is 2.30. The van der Waals surface area contributed by atoms with Crippen LogP contribution in [0.2, 0.25) is 5.02 Å². The fraction of sp³-hybridized carbons (Fsp3) is 0.0588. The zero-order valence-electron chi connectivity index (χ0n) is 11.7. The quantitative estimate of drug-likeness (QED) is 0.673. The lowest BCUT2D eigenvalue weighted by molar-refractivity contribution is -0.136. The Labute approximate surface area is 144 Å². The molecular formula is C17H10BrClFNO2. The molecule has 0 fully saturated rings. The highest BCUT2D eigenvalue weighted by atomic mass is 79.9. The molecule has 0 atom stereocenters. The number of hydrogen-bond donors (Lipinski definition) is 1. The number of aromatic nitrogens is 1. The second-order valence-corrected chi connectivity index (χ2v) is 6.36. The van der Waals surface area contributed by atoms with Gasteiger partial charge in [0.15, 0.2) is 0 Å². The molecule has 0 unspecified atom stereocenters. The summed E-state index contributed by atoms with van der Waals surface area (Å²) in [7, 11) is 0. The highest BCUT2D eigenvalue weighted by molar-refractivity contribution is 9.10. The molecule has 0 saturated carbocycles. The van der Waals surface area contributed by atoms with Crippen LogP contribution in [0.15, 0.2) is 46.9 Å². The van der Waals surface area contributed by atoms with Crippen molar-refractivity contribution in [3.05, 3.63) is 63.3 Å². The van der Waals surface area contributed by atoms with Crippen LogP contribution in [-0.2, 0) is 11.2 Å². The molecule has 3 nitrogen and oxygen atoms in total. The van der Waals surface area contributed by atoms with E-state index in [1.54, 1.807) is 12.1 Å². The number of fused-ring (bicyclic) bond motifs is 1. The summed E-state index contributed by atoms with van der Waals surface area (Å²) in [5.74, 6) is -1.49. The van der Waals surface area contributed by atoms with E-state index >= 15 is 0 Å². The van der Waals surface area contributed by atoms with Gasteiger partial charge in [0.05, 0.1) is 22.7 Å². The zero-order chi connectivity index (χ0) is 16.6. The van der Waals surface area contributed by atoms with Crippen LogP contribution in [0.4, 0.5) is 4.39 Å². The Morgan fingerprint density at radius 3 is 2.70 bits per heavy atom. The van der Waals surface area contributed by atoms with Crippen molar-refractivity contribution < 1.29 is 14.3 Å². The van der Waals surface area contributed by atoms with Gasteiger partial charge in [0.1, 0.15) is 5.82 Å². The Balaban J connectivity index is 2.25. The minimum atomic E-state index is -0.962. The van der Waals surface area contributed by atoms with E-state index in [2.05, 4.69) is 20.9 Å². The van der Waals surface area contributed by atoms with Crippen molar-refractivity contribution in [1.29, 1.82) is 0 Å². The number of rotatable bonds is 3. The van der Waals surface area contributed by atoms with E-state index in [0.29, 0.717) is 16.8 Å². The van der Waals surface area contributed by atoms with Crippen LogP contribution in [-0.4, -0.2) is 16.1 Å². The minimum absolute atomic E-state index is 0.0264. The summed E-state index contributed by atoms with van der Waals surface area (Å²) in [5, 5.41) is 9.94. The first kappa shape index (κ1) is 15.9. The predicted molar refractivity (Wildman–Crippen MR) is 91.2 cm³/mol. The average Bonchev–Trinajstić information content (AvgIpc) is 2.49. The normalized spacial score (nSPS) is 10.9. The van der Waals surface area contributed by atoms with Crippen LogP contribution in [0.25, 0.3) is 22.2 Å². The second kappa shape index (κ2) is 6.26. The number of halogens is 3. The molecule has 0 radical (unpaired) electrons. The predicted octanol–water partition coefficient (Wildman–Crippen LogP) is 5.08. The van der Waals surface area contributed by atoms with Gasteiger partial charge < -0.3 is 5.11 Å². The largest absolute Gasteiger partial charge is 0.481 e. The van der Waals surface area contributed by atoms with E-state index in [1.165, 1.54) is 12.1 Å². The SMILES string of the molecule is O=C(O)Cc1cc2cc(Br)ccc2nc1-c1ccc(F)c(Cl)c1. The number of hydrogen-bond acceptors (Lipinski definition) is 2. The van der Waals surface area contributed by atoms with Gasteiger partial charge in [-0.2, -0.15) is 0 Å². The van der Waals surface area contributed by atoms with E-state index < -0.39 is 11.8 Å². The summed E-state index contributed by atoms with van der Waals surface area (Å²) in [4.78, 5) is 15.7. The van der Waals surface area contributed by atoms with E-state index in [9.17, 15) is 9.18 Å². The first-order valence-corrected chi connectivity index (χ1v) is 7.87. The van der Waals surface area contributed by atoms with E-state index in [0.717, 1.165) is 15.4 Å². The van der Waals surface area contributed by atoms with Crippen LogP contribution < -0.4 is 0 Å². The Morgan fingerprint density at radius 2 is 2.00 bits per heavy atom. The van der Waals surface area contributed by atoms with Crippen molar-refractivity contribution in [2.75, 3.05) is 0 Å². The van der Waals surface area contributed by atoms with Crippen molar-refractivity contribution >= 4 is 44.4 Å². The molecule has 1 N–H and O–H groups in total. The molecule has 0 spiro atoms. The minimum Gasteiger partial charge on any atom is -0.481 e. The van der Waals surface area contributed by atoms with E-state index in [1.807, 2.05) is 18.2 Å². The summed E-state index contributed by atoms with van der Waals surface area (Å²) in [5.41, 5.74) is 2.34. The molecule has 23 heavy (non-hydrogen) atoms. The Morgan fingerprint density at radius 1 is 1.22 bits per heavy atom. The highest BCUT2D eigenvalue weighted by Gasteiger charge is 2.14. The number of carboxylic acids is 1. The molecule has 3 aromatic rings. The molecule has 0 saturated heterocycles. The van der Waals surface area contributed by atoms with Gasteiger partial charge in [-0.15, -0.1) is 0 Å². The zero-order valence-corrected chi connectivity index (χ0v) is 14.0. The average molecular weight is 395 g/mol. The lowest BCUT2D eigenvalue weighted by Gasteiger charge is -2.10. The van der Waals surface area contributed by atoms with E-state index in [-0.39, 0.29) is 11.4 Å². The summed E-state index contributed by atoms with van der Waals surface area (Å²) in [6.07, 6.45) is -0.181. The standard InChI is InChI=1S/C17H10BrClFNO2/c18-12-2-4-15-10(6-12)5-11(8-16(22)23)17(21-15)9-1-3-14(20)13(19)7-9/h1-7H,8H2,(H,22,23). The molecular weight excluding hydrogens is 385 g/mol. The molecule has 0 aliphatic carbocycles. The van der Waals surface area contributed by atoms with Crippen molar-refractivity contribution in [2.24, 2.45) is 0 Å². The Kier molecular flexibility index (Phi) is 4.33. The van der Waals surface area contributed by atoms with Crippen molar-refractivity contribution in [1.82, 2.24) is 4.98 Å². The second-order valence-electron chi connectivity index (χ2n) is 5.03. The van der Waals surface area contributed by atoms with E-state index in [4.69, 9.17) is 16.7 Å². The van der Waals surface area contributed by atoms with Crippen LogP contribution >= 0.6 is 27.5 Å². The molecule has 2 aromatic carbocycles. The maximum Gasteiger partial charge on any atom is 0.307 e. The fourth-order valence-corrected chi connectivity index (χ4v) is 2.94. The topological polar surface area (TPSA) is 50.2 Å². The number of nitrogens with zero attached hydrogens (tertiary/aromatic N) is 1. The molecule has 1 aromatic heterocycles. The summed E-state index contributed by atoms with van der Waals surface area (Å²) in [6.45, 7) is 0. The van der Waals surface area contributed by atoms with Crippen molar-refractivity contribution in [3.63, 3.8) is 0 Å². The van der Waals surface area contributed by atoms with Gasteiger partial charge in [-0.25, -0.2) is 9.37 Å². The number of pyridine rings is 1. The summed E-state index contributed by atoms with van der Waals surface area (Å²) < 4.78 is 14.3. The molecule has 0 amide bonds. The fourth-order valence-electron chi connectivity index (χ4n) is 2.38. The van der Waals surface area contributed by atoms with Crippen LogP contribution in [0, 0.1) is 5.82 Å². The molecule has 0 aliphatic rings. The van der Waals surface area contributed by atoms with Crippen LogP contribution in [0.3, 0.4) is 0 Å². The molecule has 1 heterocycles. The van der Waals surface area contributed by atoms with Gasteiger partial charge >= 0.3 is 5.97 Å².